The maximum Gasteiger partial charge on any atom is 0.241 e. The van der Waals surface area contributed by atoms with E-state index in [0.29, 0.717) is 19.5 Å². The summed E-state index contributed by atoms with van der Waals surface area (Å²) in [5.41, 5.74) is 1.58. The van der Waals surface area contributed by atoms with E-state index in [1.54, 1.807) is 4.90 Å². The average molecular weight is 434 g/mol. The van der Waals surface area contributed by atoms with Crippen molar-refractivity contribution in [1.29, 1.82) is 0 Å². The van der Waals surface area contributed by atoms with Crippen molar-refractivity contribution in [2.75, 3.05) is 23.7 Å². The molecule has 3 rings (SSSR count). The van der Waals surface area contributed by atoms with Gasteiger partial charge >= 0.3 is 0 Å². The molecule has 0 saturated carbocycles. The lowest BCUT2D eigenvalue weighted by Crippen LogP contribution is -2.40. The zero-order valence-electron chi connectivity index (χ0n) is 16.7. The molecular formula is C21H24FN3O4S. The number of hydrogen-bond acceptors (Lipinski definition) is 4. The first-order valence-corrected chi connectivity index (χ1v) is 11.4. The van der Waals surface area contributed by atoms with E-state index in [1.165, 1.54) is 18.2 Å². The number of hydrogen-bond donors (Lipinski definition) is 1. The maximum absolute atomic E-state index is 14.1. The van der Waals surface area contributed by atoms with Crippen molar-refractivity contribution in [3.05, 3.63) is 65.5 Å². The van der Waals surface area contributed by atoms with Crippen molar-refractivity contribution < 1.29 is 22.4 Å². The Morgan fingerprint density at radius 1 is 1.13 bits per heavy atom. The third-order valence-electron chi connectivity index (χ3n) is 4.94. The van der Waals surface area contributed by atoms with Crippen LogP contribution in [-0.2, 0) is 32.7 Å². The van der Waals surface area contributed by atoms with Crippen molar-refractivity contribution in [2.24, 2.45) is 0 Å². The second kappa shape index (κ2) is 9.25. The average Bonchev–Trinajstić information content (AvgIpc) is 3.10. The minimum atomic E-state index is -3.86. The predicted octanol–water partition coefficient (Wildman–Crippen LogP) is 2.03. The van der Waals surface area contributed by atoms with Gasteiger partial charge in [0.15, 0.2) is 0 Å². The van der Waals surface area contributed by atoms with Crippen LogP contribution in [0.5, 0.6) is 0 Å². The number of amides is 2. The minimum absolute atomic E-state index is 0.113. The number of nitrogens with one attached hydrogen (secondary N) is 1. The highest BCUT2D eigenvalue weighted by atomic mass is 32.2. The first-order valence-electron chi connectivity index (χ1n) is 9.59. The molecule has 2 amide bonds. The first-order chi connectivity index (χ1) is 14.3. The first kappa shape index (κ1) is 21.8. The van der Waals surface area contributed by atoms with Crippen LogP contribution in [0, 0.1) is 5.82 Å². The van der Waals surface area contributed by atoms with E-state index in [1.807, 2.05) is 24.3 Å². The van der Waals surface area contributed by atoms with Gasteiger partial charge in [-0.25, -0.2) is 12.8 Å². The molecule has 0 aliphatic carbocycles. The van der Waals surface area contributed by atoms with Crippen LogP contribution in [0.4, 0.5) is 10.1 Å². The molecule has 0 spiro atoms. The fraction of sp³-hybridized carbons (Fsp3) is 0.333. The van der Waals surface area contributed by atoms with Crippen LogP contribution in [0.25, 0.3) is 0 Å². The Balaban J connectivity index is 1.68. The van der Waals surface area contributed by atoms with Crippen molar-refractivity contribution in [3.8, 4) is 0 Å². The normalized spacial score (nSPS) is 14.1. The largest absolute Gasteiger partial charge is 0.350 e. The van der Waals surface area contributed by atoms with Crippen LogP contribution >= 0.6 is 0 Å². The molecule has 1 saturated heterocycles. The molecule has 0 radical (unpaired) electrons. The topological polar surface area (TPSA) is 86.8 Å². The summed E-state index contributed by atoms with van der Waals surface area (Å²) < 4.78 is 39.0. The molecular weight excluding hydrogens is 409 g/mol. The molecule has 9 heteroatoms. The molecule has 2 aromatic carbocycles. The van der Waals surface area contributed by atoms with E-state index >= 15 is 0 Å². The van der Waals surface area contributed by atoms with Crippen LogP contribution in [-0.4, -0.2) is 44.5 Å². The summed E-state index contributed by atoms with van der Waals surface area (Å²) in [6.07, 6.45) is 2.32. The molecule has 0 aromatic heterocycles. The Kier molecular flexibility index (Phi) is 6.71. The Morgan fingerprint density at radius 3 is 2.43 bits per heavy atom. The monoisotopic (exact) mass is 433 g/mol. The van der Waals surface area contributed by atoms with Crippen molar-refractivity contribution in [2.45, 2.75) is 25.9 Å². The van der Waals surface area contributed by atoms with E-state index in [4.69, 9.17) is 0 Å². The molecule has 0 atom stereocenters. The summed E-state index contributed by atoms with van der Waals surface area (Å²) >= 11 is 0. The summed E-state index contributed by atoms with van der Waals surface area (Å²) in [6.45, 7) is 0.819. The molecule has 2 aromatic rings. The predicted molar refractivity (Wildman–Crippen MR) is 112 cm³/mol. The summed E-state index contributed by atoms with van der Waals surface area (Å²) in [4.78, 5) is 26.1. The van der Waals surface area contributed by atoms with Crippen LogP contribution in [0.15, 0.2) is 48.5 Å². The van der Waals surface area contributed by atoms with Crippen LogP contribution in [0.3, 0.4) is 0 Å². The lowest BCUT2D eigenvalue weighted by molar-refractivity contribution is -0.128. The summed E-state index contributed by atoms with van der Waals surface area (Å²) in [5, 5.41) is 2.70. The Labute approximate surface area is 175 Å². The lowest BCUT2D eigenvalue weighted by Gasteiger charge is -2.22. The number of nitrogens with zero attached hydrogens (tertiary/aromatic N) is 2. The van der Waals surface area contributed by atoms with Gasteiger partial charge in [0.25, 0.3) is 0 Å². The molecule has 1 aliphatic rings. The van der Waals surface area contributed by atoms with Gasteiger partial charge in [-0.15, -0.1) is 0 Å². The van der Waals surface area contributed by atoms with Gasteiger partial charge in [-0.3, -0.25) is 13.9 Å². The highest BCUT2D eigenvalue weighted by Crippen LogP contribution is 2.21. The number of likely N-dealkylation sites (tertiary alicyclic amines) is 1. The summed E-state index contributed by atoms with van der Waals surface area (Å²) in [7, 11) is -3.86. The number of para-hydroxylation sites is 1. The second-order valence-electron chi connectivity index (χ2n) is 7.19. The van der Waals surface area contributed by atoms with Gasteiger partial charge in [0.2, 0.25) is 21.8 Å². The lowest BCUT2D eigenvalue weighted by atomic mass is 10.1. The third-order valence-corrected chi connectivity index (χ3v) is 6.06. The number of carbonyl (C=O) groups excluding carboxylic acids is 2. The van der Waals surface area contributed by atoms with Crippen molar-refractivity contribution in [3.63, 3.8) is 0 Å². The van der Waals surface area contributed by atoms with E-state index in [2.05, 4.69) is 5.32 Å². The Bertz CT molecular complexity index is 1040. The summed E-state index contributed by atoms with van der Waals surface area (Å²) in [5.74, 6) is -1.17. The minimum Gasteiger partial charge on any atom is -0.350 e. The standard InChI is InChI=1S/C21H24FN3O4S/c1-30(28,29)25(19-10-5-4-9-18(19)22)15-20(26)23-13-16-7-2-3-8-17(16)14-24-12-6-11-21(24)27/h2-5,7-10H,6,11-15H2,1H3,(H,23,26). The van der Waals surface area contributed by atoms with E-state index < -0.39 is 28.3 Å². The number of halogens is 1. The van der Waals surface area contributed by atoms with Gasteiger partial charge in [0, 0.05) is 26.1 Å². The van der Waals surface area contributed by atoms with Gasteiger partial charge in [-0.05, 0) is 29.7 Å². The quantitative estimate of drug-likeness (QED) is 0.690. The van der Waals surface area contributed by atoms with Crippen LogP contribution in [0.2, 0.25) is 0 Å². The number of sulfonamides is 1. The zero-order valence-corrected chi connectivity index (χ0v) is 17.5. The fourth-order valence-electron chi connectivity index (χ4n) is 3.38. The van der Waals surface area contributed by atoms with Gasteiger partial charge in [0.05, 0.1) is 11.9 Å². The second-order valence-corrected chi connectivity index (χ2v) is 9.09. The molecule has 0 bridgehead atoms. The zero-order chi connectivity index (χ0) is 21.7. The van der Waals surface area contributed by atoms with E-state index in [0.717, 1.165) is 34.2 Å². The SMILES string of the molecule is CS(=O)(=O)N(CC(=O)NCc1ccccc1CN1CCCC1=O)c1ccccc1F. The number of carbonyl (C=O) groups is 2. The van der Waals surface area contributed by atoms with Gasteiger partial charge in [-0.2, -0.15) is 0 Å². The molecule has 160 valence electrons. The fourth-order valence-corrected chi connectivity index (χ4v) is 4.23. The molecule has 1 heterocycles. The molecule has 0 unspecified atom stereocenters. The highest BCUT2D eigenvalue weighted by molar-refractivity contribution is 7.92. The number of rotatable bonds is 8. The molecule has 1 aliphatic heterocycles. The third kappa shape index (κ3) is 5.35. The van der Waals surface area contributed by atoms with Gasteiger partial charge < -0.3 is 10.2 Å². The molecule has 7 nitrogen and oxygen atoms in total. The van der Waals surface area contributed by atoms with E-state index in [-0.39, 0.29) is 18.1 Å². The van der Waals surface area contributed by atoms with Gasteiger partial charge in [-0.1, -0.05) is 36.4 Å². The maximum atomic E-state index is 14.1. The Morgan fingerprint density at radius 2 is 1.80 bits per heavy atom. The molecule has 30 heavy (non-hydrogen) atoms. The number of benzene rings is 2. The van der Waals surface area contributed by atoms with Crippen molar-refractivity contribution >= 4 is 27.5 Å². The molecule has 1 N–H and O–H groups in total. The summed E-state index contributed by atoms with van der Waals surface area (Å²) in [6, 6.07) is 12.8. The van der Waals surface area contributed by atoms with E-state index in [9.17, 15) is 22.4 Å². The number of anilines is 1. The Hall–Kier alpha value is -2.94. The molecule has 1 fully saturated rings. The van der Waals surface area contributed by atoms with Crippen LogP contribution in [0.1, 0.15) is 24.0 Å². The van der Waals surface area contributed by atoms with Crippen molar-refractivity contribution in [1.82, 2.24) is 10.2 Å². The highest BCUT2D eigenvalue weighted by Gasteiger charge is 2.24. The smallest absolute Gasteiger partial charge is 0.241 e. The van der Waals surface area contributed by atoms with Gasteiger partial charge in [0.1, 0.15) is 12.4 Å². The van der Waals surface area contributed by atoms with Crippen LogP contribution < -0.4 is 9.62 Å².